The van der Waals surface area contributed by atoms with Gasteiger partial charge in [-0.15, -0.1) is 48.6 Å². The zero-order valence-electron chi connectivity index (χ0n) is 26.5. The van der Waals surface area contributed by atoms with E-state index in [1.807, 2.05) is 116 Å². The van der Waals surface area contributed by atoms with Gasteiger partial charge < -0.3 is 19.2 Å². The number of amidine groups is 1. The molecule has 0 fully saturated rings. The van der Waals surface area contributed by atoms with E-state index in [4.69, 9.17) is 14.8 Å². The molecule has 8 rings (SSSR count). The first-order valence-electron chi connectivity index (χ1n) is 15.7. The zero-order valence-corrected chi connectivity index (χ0v) is 28.8. The molecular formula is C42H30N5OPt-3. The minimum absolute atomic E-state index is 0. The van der Waals surface area contributed by atoms with Crippen molar-refractivity contribution in [1.29, 1.82) is 0 Å². The smallest absolute Gasteiger partial charge is 0.129 e. The maximum Gasteiger partial charge on any atom is 0.129 e. The minimum atomic E-state index is 0. The maximum absolute atomic E-state index is 6.36. The Morgan fingerprint density at radius 1 is 0.592 bits per heavy atom. The number of benzene rings is 6. The Labute approximate surface area is 300 Å². The summed E-state index contributed by atoms with van der Waals surface area (Å²) >= 11 is 0. The SMILES string of the molecule is Cn1c(-c2[c-]c(Oc3[c-]c(N4[CH-]N(c5ccccc5)C(c5ccccc5)=N4)ccc3)ccc2)nc(-c2ccccc2)c1-c1ccccc1.[Pt]. The van der Waals surface area contributed by atoms with E-state index < -0.39 is 0 Å². The van der Waals surface area contributed by atoms with Gasteiger partial charge in [0.05, 0.1) is 17.2 Å². The molecule has 0 aliphatic carbocycles. The fraction of sp³-hybridized carbons (Fsp3) is 0.0238. The largest absolute Gasteiger partial charge is 0.503 e. The first kappa shape index (κ1) is 31.9. The molecule has 1 aliphatic heterocycles. The monoisotopic (exact) mass is 815 g/mol. The van der Waals surface area contributed by atoms with Crippen LogP contribution in [0.25, 0.3) is 33.9 Å². The summed E-state index contributed by atoms with van der Waals surface area (Å²) < 4.78 is 8.49. The number of rotatable bonds is 8. The van der Waals surface area contributed by atoms with Crippen molar-refractivity contribution >= 4 is 17.2 Å². The molecule has 0 unspecified atom stereocenters. The minimum Gasteiger partial charge on any atom is -0.503 e. The van der Waals surface area contributed by atoms with Crippen molar-refractivity contribution in [3.8, 4) is 45.4 Å². The van der Waals surface area contributed by atoms with Gasteiger partial charge in [-0.3, -0.25) is 4.98 Å². The van der Waals surface area contributed by atoms with E-state index in [2.05, 4.69) is 82.3 Å². The van der Waals surface area contributed by atoms with Crippen molar-refractivity contribution in [3.05, 3.63) is 182 Å². The van der Waals surface area contributed by atoms with Crippen LogP contribution in [0.4, 0.5) is 11.4 Å². The molecule has 0 bridgehead atoms. The van der Waals surface area contributed by atoms with Crippen LogP contribution in [0.2, 0.25) is 0 Å². The molecule has 0 atom stereocenters. The molecule has 1 aliphatic rings. The van der Waals surface area contributed by atoms with Gasteiger partial charge in [-0.1, -0.05) is 121 Å². The van der Waals surface area contributed by atoms with E-state index >= 15 is 0 Å². The Morgan fingerprint density at radius 3 is 1.84 bits per heavy atom. The topological polar surface area (TPSA) is 45.9 Å². The fourth-order valence-corrected chi connectivity index (χ4v) is 5.87. The van der Waals surface area contributed by atoms with Gasteiger partial charge >= 0.3 is 0 Å². The van der Waals surface area contributed by atoms with Crippen LogP contribution in [0.3, 0.4) is 0 Å². The second-order valence-corrected chi connectivity index (χ2v) is 11.3. The molecule has 242 valence electrons. The third-order valence-corrected chi connectivity index (χ3v) is 8.14. The number of hydrogen-bond acceptors (Lipinski definition) is 5. The van der Waals surface area contributed by atoms with Crippen LogP contribution >= 0.6 is 0 Å². The van der Waals surface area contributed by atoms with Crippen molar-refractivity contribution in [2.45, 2.75) is 0 Å². The molecule has 6 nitrogen and oxygen atoms in total. The van der Waals surface area contributed by atoms with Crippen LogP contribution in [-0.4, -0.2) is 15.4 Å². The summed E-state index contributed by atoms with van der Waals surface area (Å²) in [6, 6.07) is 59.5. The molecule has 49 heavy (non-hydrogen) atoms. The average molecular weight is 816 g/mol. The average Bonchev–Trinajstić information content (AvgIpc) is 3.76. The molecule has 0 amide bonds. The van der Waals surface area contributed by atoms with Gasteiger partial charge in [-0.2, -0.15) is 11.2 Å². The van der Waals surface area contributed by atoms with Crippen molar-refractivity contribution in [2.24, 2.45) is 12.1 Å². The van der Waals surface area contributed by atoms with Crippen LogP contribution in [0, 0.1) is 18.8 Å². The molecule has 7 heteroatoms. The molecule has 1 aromatic heterocycles. The van der Waals surface area contributed by atoms with Crippen LogP contribution in [-0.2, 0) is 28.1 Å². The van der Waals surface area contributed by atoms with E-state index in [1.54, 1.807) is 0 Å². The molecule has 6 aromatic carbocycles. The standard InChI is InChI=1S/C42H30N5O.Pt/c1-45-40(32-18-8-3-9-19-32)39(31-16-6-2-7-17-31)43-41(45)34-22-14-26-37(28-34)48-38-27-15-25-36(29-38)47-30-46(35-23-12-5-13-24-35)42(44-47)33-20-10-4-11-21-33;/h2-27,30H,1H3;/q-3;. The number of aromatic nitrogens is 2. The van der Waals surface area contributed by atoms with Crippen LogP contribution in [0.1, 0.15) is 5.56 Å². The number of nitrogens with zero attached hydrogens (tertiary/aromatic N) is 5. The summed E-state index contributed by atoms with van der Waals surface area (Å²) in [6.45, 7) is 1.97. The Morgan fingerprint density at radius 2 is 1.16 bits per heavy atom. The van der Waals surface area contributed by atoms with Gasteiger partial charge in [0.2, 0.25) is 0 Å². The summed E-state index contributed by atoms with van der Waals surface area (Å²) in [5.74, 6) is 2.74. The predicted molar refractivity (Wildman–Crippen MR) is 192 cm³/mol. The van der Waals surface area contributed by atoms with Crippen molar-refractivity contribution in [1.82, 2.24) is 9.55 Å². The quantitative estimate of drug-likeness (QED) is 0.144. The van der Waals surface area contributed by atoms with Crippen molar-refractivity contribution in [3.63, 3.8) is 0 Å². The number of hydrogen-bond donors (Lipinski definition) is 0. The van der Waals surface area contributed by atoms with Gasteiger partial charge in [0.25, 0.3) is 0 Å². The summed E-state index contributed by atoms with van der Waals surface area (Å²) in [4.78, 5) is 7.22. The second kappa shape index (κ2) is 14.2. The number of imidazole rings is 1. The number of para-hydroxylation sites is 1. The summed E-state index contributed by atoms with van der Waals surface area (Å²) in [5, 5.41) is 6.80. The van der Waals surface area contributed by atoms with Crippen molar-refractivity contribution < 1.29 is 25.8 Å². The van der Waals surface area contributed by atoms with E-state index in [-0.39, 0.29) is 21.1 Å². The molecule has 2 heterocycles. The molecule has 0 saturated carbocycles. The normalized spacial score (nSPS) is 12.4. The molecular weight excluding hydrogens is 786 g/mol. The van der Waals surface area contributed by atoms with Gasteiger partial charge in [0.1, 0.15) is 5.84 Å². The molecule has 0 saturated heterocycles. The van der Waals surface area contributed by atoms with Gasteiger partial charge in [-0.25, -0.2) is 0 Å². The Bertz CT molecular complexity index is 2200. The van der Waals surface area contributed by atoms with E-state index in [1.165, 1.54) is 0 Å². The van der Waals surface area contributed by atoms with E-state index in [0.29, 0.717) is 11.5 Å². The van der Waals surface area contributed by atoms with Gasteiger partial charge in [-0.05, 0) is 17.7 Å². The summed E-state index contributed by atoms with van der Waals surface area (Å²) in [7, 11) is 2.05. The van der Waals surface area contributed by atoms with E-state index in [0.717, 1.165) is 56.7 Å². The maximum atomic E-state index is 6.36. The van der Waals surface area contributed by atoms with Crippen LogP contribution < -0.4 is 14.6 Å². The Balaban J connectivity index is 0.00000378. The van der Waals surface area contributed by atoms with E-state index in [9.17, 15) is 0 Å². The Hall–Kier alpha value is -5.71. The number of anilines is 2. The third-order valence-electron chi connectivity index (χ3n) is 8.14. The first-order valence-corrected chi connectivity index (χ1v) is 15.7. The second-order valence-electron chi connectivity index (χ2n) is 11.3. The van der Waals surface area contributed by atoms with Crippen LogP contribution in [0.15, 0.2) is 163 Å². The molecule has 0 radical (unpaired) electrons. The van der Waals surface area contributed by atoms with Crippen LogP contribution in [0.5, 0.6) is 11.5 Å². The summed E-state index contributed by atoms with van der Waals surface area (Å²) in [6.07, 6.45) is 0. The molecule has 0 N–H and O–H groups in total. The fourth-order valence-electron chi connectivity index (χ4n) is 5.87. The summed E-state index contributed by atoms with van der Waals surface area (Å²) in [5.41, 5.74) is 7.72. The zero-order chi connectivity index (χ0) is 32.3. The predicted octanol–water partition coefficient (Wildman–Crippen LogP) is 9.62. The number of ether oxygens (including phenoxy) is 1. The van der Waals surface area contributed by atoms with Crippen molar-refractivity contribution in [2.75, 3.05) is 9.91 Å². The number of hydrazone groups is 1. The molecule has 0 spiro atoms. The third kappa shape index (κ3) is 6.56. The molecule has 7 aromatic rings. The van der Waals surface area contributed by atoms with Gasteiger partial charge in [0.15, 0.2) is 0 Å². The van der Waals surface area contributed by atoms with Gasteiger partial charge in [0, 0.05) is 56.4 Å². The first-order chi connectivity index (χ1) is 23.7. The Kier molecular flexibility index (Phi) is 9.22.